The van der Waals surface area contributed by atoms with Crippen molar-refractivity contribution in [2.45, 2.75) is 18.9 Å². The Morgan fingerprint density at radius 3 is 3.04 bits per heavy atom. The van der Waals surface area contributed by atoms with Crippen LogP contribution in [0, 0.1) is 0 Å². The van der Waals surface area contributed by atoms with E-state index in [0.717, 1.165) is 11.1 Å². The van der Waals surface area contributed by atoms with Crippen molar-refractivity contribution in [3.8, 4) is 5.69 Å². The number of aromatic nitrogens is 4. The molecule has 128 valence electrons. The molecule has 0 saturated carbocycles. The maximum absolute atomic E-state index is 12.6. The van der Waals surface area contributed by atoms with Crippen LogP contribution in [0.1, 0.15) is 12.8 Å². The first-order chi connectivity index (χ1) is 12.1. The number of hydrogen-bond acceptors (Lipinski definition) is 5. The number of nitrogens with zero attached hydrogens (tertiary/aromatic N) is 4. The lowest BCUT2D eigenvalue weighted by Crippen LogP contribution is -2.38. The van der Waals surface area contributed by atoms with Crippen molar-refractivity contribution < 1.29 is 9.53 Å². The van der Waals surface area contributed by atoms with Crippen molar-refractivity contribution in [3.63, 3.8) is 0 Å². The van der Waals surface area contributed by atoms with Crippen LogP contribution in [0.3, 0.4) is 0 Å². The van der Waals surface area contributed by atoms with Crippen LogP contribution in [0.2, 0.25) is 5.02 Å². The van der Waals surface area contributed by atoms with Crippen molar-refractivity contribution >= 4 is 28.5 Å². The second-order valence-corrected chi connectivity index (χ2v) is 6.11. The summed E-state index contributed by atoms with van der Waals surface area (Å²) in [5, 5.41) is 5.05. The molecule has 3 aromatic rings. The molecule has 1 N–H and O–H groups in total. The van der Waals surface area contributed by atoms with Gasteiger partial charge in [0.2, 0.25) is 0 Å². The molecule has 1 aliphatic heterocycles. The Bertz CT molecular complexity index is 1010. The van der Waals surface area contributed by atoms with Crippen LogP contribution in [-0.2, 0) is 9.53 Å². The molecule has 1 fully saturated rings. The minimum atomic E-state index is -0.531. The molecule has 0 spiro atoms. The number of rotatable bonds is 3. The quantitative estimate of drug-likeness (QED) is 0.765. The molecular formula is C16H14ClN5O3. The summed E-state index contributed by atoms with van der Waals surface area (Å²) in [5.74, 6) is -0.358. The zero-order chi connectivity index (χ0) is 17.4. The smallest absolute Gasteiger partial charge is 0.283 e. The fraction of sp³-hybridized carbons (Fsp3) is 0.250. The van der Waals surface area contributed by atoms with Gasteiger partial charge in [-0.15, -0.1) is 0 Å². The second-order valence-electron chi connectivity index (χ2n) is 5.67. The first kappa shape index (κ1) is 15.8. The highest BCUT2D eigenvalue weighted by Crippen LogP contribution is 2.17. The normalized spacial score (nSPS) is 17.1. The highest BCUT2D eigenvalue weighted by Gasteiger charge is 2.24. The number of hydrogen-bond donors (Lipinski definition) is 1. The molecule has 4 rings (SSSR count). The van der Waals surface area contributed by atoms with E-state index < -0.39 is 11.7 Å². The van der Waals surface area contributed by atoms with Crippen LogP contribution in [0.25, 0.3) is 16.7 Å². The summed E-state index contributed by atoms with van der Waals surface area (Å²) in [6.45, 7) is 0.552. The molecule has 25 heavy (non-hydrogen) atoms. The molecule has 9 heteroatoms. The Hall–Kier alpha value is -2.71. The van der Waals surface area contributed by atoms with Gasteiger partial charge in [0.15, 0.2) is 5.65 Å². The number of ether oxygens (including phenoxy) is 1. The molecule has 1 aromatic carbocycles. The number of amides is 1. The molecule has 0 bridgehead atoms. The second kappa shape index (κ2) is 6.30. The average molecular weight is 360 g/mol. The molecular weight excluding hydrogens is 346 g/mol. The summed E-state index contributed by atoms with van der Waals surface area (Å²) in [5.41, 5.74) is 3.18. The van der Waals surface area contributed by atoms with Gasteiger partial charge in [0.25, 0.3) is 11.5 Å². The maximum atomic E-state index is 12.6. The van der Waals surface area contributed by atoms with E-state index in [0.29, 0.717) is 29.4 Å². The monoisotopic (exact) mass is 359 g/mol. The van der Waals surface area contributed by atoms with Crippen molar-refractivity contribution in [1.82, 2.24) is 19.4 Å². The van der Waals surface area contributed by atoms with Gasteiger partial charge in [0, 0.05) is 11.6 Å². The molecule has 8 nitrogen and oxygen atoms in total. The van der Waals surface area contributed by atoms with Crippen LogP contribution in [0.15, 0.2) is 41.6 Å². The lowest BCUT2D eigenvalue weighted by atomic mass is 10.2. The van der Waals surface area contributed by atoms with E-state index in [4.69, 9.17) is 16.3 Å². The minimum absolute atomic E-state index is 0.287. The first-order valence-corrected chi connectivity index (χ1v) is 8.15. The summed E-state index contributed by atoms with van der Waals surface area (Å²) >= 11 is 6.00. The Balaban J connectivity index is 1.70. The fourth-order valence-corrected chi connectivity index (χ4v) is 2.95. The molecule has 1 unspecified atom stereocenters. The standard InChI is InChI=1S/C16H14ClN5O3/c17-10-3-1-4-11(7-10)22-14-12(8-19-22)16(24)21(9-18-14)20-15(23)13-5-2-6-25-13/h1,3-4,7-9,13H,2,5-6H2,(H,20,23). The summed E-state index contributed by atoms with van der Waals surface area (Å²) in [7, 11) is 0. The number of carbonyl (C=O) groups is 1. The zero-order valence-electron chi connectivity index (χ0n) is 13.1. The Morgan fingerprint density at radius 1 is 1.40 bits per heavy atom. The Morgan fingerprint density at radius 2 is 2.28 bits per heavy atom. The number of carbonyl (C=O) groups excluding carboxylic acids is 1. The van der Waals surface area contributed by atoms with Crippen LogP contribution < -0.4 is 11.0 Å². The minimum Gasteiger partial charge on any atom is -0.368 e. The molecule has 3 heterocycles. The van der Waals surface area contributed by atoms with Crippen molar-refractivity contribution in [2.75, 3.05) is 12.0 Å². The third kappa shape index (κ3) is 2.90. The molecule has 2 aromatic heterocycles. The molecule has 0 aliphatic carbocycles. The van der Waals surface area contributed by atoms with Crippen molar-refractivity contribution in [2.24, 2.45) is 0 Å². The third-order valence-corrected chi connectivity index (χ3v) is 4.23. The van der Waals surface area contributed by atoms with E-state index in [2.05, 4.69) is 15.5 Å². The highest BCUT2D eigenvalue weighted by molar-refractivity contribution is 6.30. The zero-order valence-corrected chi connectivity index (χ0v) is 13.8. The topological polar surface area (TPSA) is 91.0 Å². The lowest BCUT2D eigenvalue weighted by molar-refractivity contribution is -0.125. The fourth-order valence-electron chi connectivity index (χ4n) is 2.76. The van der Waals surface area contributed by atoms with Gasteiger partial charge in [0.05, 0.1) is 11.9 Å². The van der Waals surface area contributed by atoms with E-state index >= 15 is 0 Å². The lowest BCUT2D eigenvalue weighted by Gasteiger charge is -2.11. The van der Waals surface area contributed by atoms with Crippen LogP contribution in [0.4, 0.5) is 0 Å². The average Bonchev–Trinajstić information content (AvgIpc) is 3.27. The molecule has 1 aliphatic rings. The van der Waals surface area contributed by atoms with E-state index in [1.807, 2.05) is 6.07 Å². The van der Waals surface area contributed by atoms with E-state index in [9.17, 15) is 9.59 Å². The Labute approximate surface area is 147 Å². The molecule has 1 amide bonds. The largest absolute Gasteiger partial charge is 0.368 e. The Kier molecular flexibility index (Phi) is 3.98. The van der Waals surface area contributed by atoms with Gasteiger partial charge < -0.3 is 4.74 Å². The van der Waals surface area contributed by atoms with Gasteiger partial charge in [-0.3, -0.25) is 15.0 Å². The van der Waals surface area contributed by atoms with Crippen LogP contribution >= 0.6 is 11.6 Å². The van der Waals surface area contributed by atoms with Gasteiger partial charge in [0.1, 0.15) is 17.8 Å². The van der Waals surface area contributed by atoms with E-state index in [-0.39, 0.29) is 11.3 Å². The summed E-state index contributed by atoms with van der Waals surface area (Å²) in [6, 6.07) is 7.07. The third-order valence-electron chi connectivity index (χ3n) is 3.99. The van der Waals surface area contributed by atoms with E-state index in [1.165, 1.54) is 17.2 Å². The van der Waals surface area contributed by atoms with Crippen molar-refractivity contribution in [1.29, 1.82) is 0 Å². The maximum Gasteiger partial charge on any atom is 0.283 e. The summed E-state index contributed by atoms with van der Waals surface area (Å²) in [6.07, 6.45) is 3.62. The summed E-state index contributed by atoms with van der Waals surface area (Å²) < 4.78 is 7.89. The molecule has 1 atom stereocenters. The SMILES string of the molecule is O=C(Nn1cnc2c(cnn2-c2cccc(Cl)c2)c1=O)C1CCCO1. The van der Waals surface area contributed by atoms with Gasteiger partial charge in [-0.05, 0) is 31.0 Å². The van der Waals surface area contributed by atoms with Crippen molar-refractivity contribution in [3.05, 3.63) is 52.2 Å². The van der Waals surface area contributed by atoms with Gasteiger partial charge >= 0.3 is 0 Å². The molecule has 1 saturated heterocycles. The van der Waals surface area contributed by atoms with E-state index in [1.54, 1.807) is 18.2 Å². The van der Waals surface area contributed by atoms with Gasteiger partial charge in [-0.1, -0.05) is 17.7 Å². The predicted octanol–water partition coefficient (Wildman–Crippen LogP) is 1.48. The summed E-state index contributed by atoms with van der Waals surface area (Å²) in [4.78, 5) is 28.9. The number of benzene rings is 1. The predicted molar refractivity (Wildman–Crippen MR) is 91.5 cm³/mol. The van der Waals surface area contributed by atoms with Gasteiger partial charge in [-0.25, -0.2) is 14.3 Å². The number of fused-ring (bicyclic) bond motifs is 1. The molecule has 0 radical (unpaired) electrons. The van der Waals surface area contributed by atoms with Crippen LogP contribution in [0.5, 0.6) is 0 Å². The number of halogens is 1. The highest BCUT2D eigenvalue weighted by atomic mass is 35.5. The number of nitrogens with one attached hydrogen (secondary N) is 1. The first-order valence-electron chi connectivity index (χ1n) is 7.77. The van der Waals surface area contributed by atoms with Crippen LogP contribution in [-0.4, -0.2) is 38.1 Å². The van der Waals surface area contributed by atoms with Gasteiger partial charge in [-0.2, -0.15) is 5.10 Å².